The van der Waals surface area contributed by atoms with Gasteiger partial charge in [0.05, 0.1) is 23.4 Å². The molecule has 1 aromatic carbocycles. The Morgan fingerprint density at radius 2 is 2.03 bits per heavy atom. The predicted octanol–water partition coefficient (Wildman–Crippen LogP) is 1.71. The average Bonchev–Trinajstić information content (AvgIpc) is 2.66. The number of hydrogen-bond donors (Lipinski definition) is 2. The maximum absolute atomic E-state index is 12.4. The van der Waals surface area contributed by atoms with Gasteiger partial charge in [0.15, 0.2) is 5.16 Å². The van der Waals surface area contributed by atoms with E-state index in [0.29, 0.717) is 23.0 Å². The van der Waals surface area contributed by atoms with Gasteiger partial charge in [-0.25, -0.2) is 17.7 Å². The number of aromatic amines is 1. The van der Waals surface area contributed by atoms with Crippen molar-refractivity contribution < 1.29 is 17.9 Å². The number of anilines is 1. The van der Waals surface area contributed by atoms with E-state index in [1.54, 1.807) is 0 Å². The summed E-state index contributed by atoms with van der Waals surface area (Å²) in [5.41, 5.74) is 0.638. The minimum absolute atomic E-state index is 0.0215. The molecule has 0 aliphatic heterocycles. The van der Waals surface area contributed by atoms with E-state index in [0.717, 1.165) is 22.5 Å². The molecule has 2 rings (SSSR count). The van der Waals surface area contributed by atoms with Gasteiger partial charge in [-0.05, 0) is 24.6 Å². The van der Waals surface area contributed by atoms with Crippen LogP contribution < -0.4 is 15.6 Å². The molecule has 0 bridgehead atoms. The van der Waals surface area contributed by atoms with Crippen molar-refractivity contribution in [2.24, 2.45) is 0 Å². The SMILES string of the molecule is CCCc1cc(=O)[nH]c(SCC(=O)Nc2cc(S(=O)(=O)N(C)C)ccc2OC)n1. The summed E-state index contributed by atoms with van der Waals surface area (Å²) in [4.78, 5) is 31.0. The Kier molecular flexibility index (Phi) is 7.82. The quantitative estimate of drug-likeness (QED) is 0.450. The largest absolute Gasteiger partial charge is 0.495 e. The molecule has 0 radical (unpaired) electrons. The van der Waals surface area contributed by atoms with Gasteiger partial charge in [0.25, 0.3) is 5.56 Å². The van der Waals surface area contributed by atoms with Gasteiger partial charge in [-0.15, -0.1) is 0 Å². The van der Waals surface area contributed by atoms with Gasteiger partial charge in [-0.1, -0.05) is 25.1 Å². The highest BCUT2D eigenvalue weighted by molar-refractivity contribution is 7.99. The Labute approximate surface area is 173 Å². The second-order valence-electron chi connectivity index (χ2n) is 6.28. The fraction of sp³-hybridized carbons (Fsp3) is 0.389. The van der Waals surface area contributed by atoms with Crippen molar-refractivity contribution in [2.45, 2.75) is 29.8 Å². The minimum atomic E-state index is -3.66. The fourth-order valence-electron chi connectivity index (χ4n) is 2.41. The lowest BCUT2D eigenvalue weighted by Gasteiger charge is -2.15. The number of nitrogens with zero attached hydrogens (tertiary/aromatic N) is 2. The van der Waals surface area contributed by atoms with E-state index in [1.807, 2.05) is 6.92 Å². The molecule has 9 nitrogen and oxygen atoms in total. The molecule has 11 heteroatoms. The van der Waals surface area contributed by atoms with E-state index in [-0.39, 0.29) is 21.9 Å². The second kappa shape index (κ2) is 9.90. The van der Waals surface area contributed by atoms with Crippen LogP contribution in [-0.2, 0) is 21.2 Å². The van der Waals surface area contributed by atoms with Gasteiger partial charge >= 0.3 is 0 Å². The first-order valence-electron chi connectivity index (χ1n) is 8.80. The zero-order valence-corrected chi connectivity index (χ0v) is 18.3. The Morgan fingerprint density at radius 1 is 1.31 bits per heavy atom. The third-order valence-electron chi connectivity index (χ3n) is 3.84. The highest BCUT2D eigenvalue weighted by Crippen LogP contribution is 2.28. The fourth-order valence-corrected chi connectivity index (χ4v) is 4.04. The highest BCUT2D eigenvalue weighted by Gasteiger charge is 2.20. The molecule has 0 atom stereocenters. The van der Waals surface area contributed by atoms with E-state index in [2.05, 4.69) is 15.3 Å². The van der Waals surface area contributed by atoms with Crippen LogP contribution in [0.1, 0.15) is 19.0 Å². The van der Waals surface area contributed by atoms with E-state index in [4.69, 9.17) is 4.74 Å². The van der Waals surface area contributed by atoms with Crippen LogP contribution in [-0.4, -0.2) is 55.6 Å². The first-order valence-corrected chi connectivity index (χ1v) is 11.2. The number of carbonyl (C=O) groups excluding carboxylic acids is 1. The Balaban J connectivity index is 2.15. The van der Waals surface area contributed by atoms with Crippen LogP contribution in [0.2, 0.25) is 0 Å². The lowest BCUT2D eigenvalue weighted by Crippen LogP contribution is -2.22. The first-order chi connectivity index (χ1) is 13.7. The zero-order valence-electron chi connectivity index (χ0n) is 16.7. The van der Waals surface area contributed by atoms with Gasteiger partial charge in [0.1, 0.15) is 5.75 Å². The van der Waals surface area contributed by atoms with E-state index in [9.17, 15) is 18.0 Å². The second-order valence-corrected chi connectivity index (χ2v) is 9.39. The predicted molar refractivity (Wildman–Crippen MR) is 112 cm³/mol. The maximum atomic E-state index is 12.4. The summed E-state index contributed by atoms with van der Waals surface area (Å²) < 4.78 is 30.9. The number of benzene rings is 1. The van der Waals surface area contributed by atoms with Crippen LogP contribution in [0.15, 0.2) is 39.1 Å². The summed E-state index contributed by atoms with van der Waals surface area (Å²) in [6.07, 6.45) is 1.53. The van der Waals surface area contributed by atoms with Crippen LogP contribution in [0.25, 0.3) is 0 Å². The molecule has 0 saturated heterocycles. The van der Waals surface area contributed by atoms with Crippen LogP contribution in [0, 0.1) is 0 Å². The smallest absolute Gasteiger partial charge is 0.251 e. The summed E-state index contributed by atoms with van der Waals surface area (Å²) in [5.74, 6) is -0.0828. The van der Waals surface area contributed by atoms with Crippen molar-refractivity contribution in [3.63, 3.8) is 0 Å². The van der Waals surface area contributed by atoms with E-state index < -0.39 is 15.9 Å². The third-order valence-corrected chi connectivity index (χ3v) is 6.53. The lowest BCUT2D eigenvalue weighted by molar-refractivity contribution is -0.113. The molecule has 2 aromatic rings. The lowest BCUT2D eigenvalue weighted by atomic mass is 10.2. The number of thioether (sulfide) groups is 1. The summed E-state index contributed by atoms with van der Waals surface area (Å²) in [5, 5.41) is 3.00. The molecule has 0 saturated carbocycles. The number of ether oxygens (including phenoxy) is 1. The standard InChI is InChI=1S/C18H24N4O5S2/c1-5-6-12-9-16(23)21-18(19-12)28-11-17(24)20-14-10-13(7-8-15(14)27-4)29(25,26)22(2)3/h7-10H,5-6,11H2,1-4H3,(H,20,24)(H,19,21,23). The summed E-state index contributed by atoms with van der Waals surface area (Å²) in [7, 11) is 0.616. The molecule has 0 aliphatic carbocycles. The molecule has 1 amide bonds. The first kappa shape index (κ1) is 22.9. The molecule has 0 fully saturated rings. The molecule has 29 heavy (non-hydrogen) atoms. The zero-order chi connectivity index (χ0) is 21.6. The molecule has 2 N–H and O–H groups in total. The average molecular weight is 441 g/mol. The van der Waals surface area contributed by atoms with Crippen molar-refractivity contribution in [2.75, 3.05) is 32.3 Å². The van der Waals surface area contributed by atoms with Crippen LogP contribution in [0.4, 0.5) is 5.69 Å². The van der Waals surface area contributed by atoms with Gasteiger partial charge in [0.2, 0.25) is 15.9 Å². The van der Waals surface area contributed by atoms with Crippen LogP contribution in [0.3, 0.4) is 0 Å². The molecule has 0 aliphatic rings. The highest BCUT2D eigenvalue weighted by atomic mass is 32.2. The molecule has 1 aromatic heterocycles. The maximum Gasteiger partial charge on any atom is 0.251 e. The van der Waals surface area contributed by atoms with E-state index >= 15 is 0 Å². The molecule has 0 spiro atoms. The molecule has 1 heterocycles. The Hall–Kier alpha value is -2.37. The minimum Gasteiger partial charge on any atom is -0.495 e. The van der Waals surface area contributed by atoms with Gasteiger partial charge in [0, 0.05) is 25.9 Å². The third kappa shape index (κ3) is 6.05. The Morgan fingerprint density at radius 3 is 2.66 bits per heavy atom. The molecular weight excluding hydrogens is 416 g/mol. The topological polar surface area (TPSA) is 121 Å². The van der Waals surface area contributed by atoms with Crippen molar-refractivity contribution in [3.8, 4) is 5.75 Å². The number of amides is 1. The molecule has 0 unspecified atom stereocenters. The number of hydrogen-bond acceptors (Lipinski definition) is 7. The van der Waals surface area contributed by atoms with Gasteiger partial charge < -0.3 is 15.0 Å². The number of carbonyl (C=O) groups is 1. The number of methoxy groups -OCH3 is 1. The van der Waals surface area contributed by atoms with E-state index in [1.165, 1.54) is 45.5 Å². The van der Waals surface area contributed by atoms with Crippen LogP contribution in [0.5, 0.6) is 5.75 Å². The number of nitrogens with one attached hydrogen (secondary N) is 2. The molecule has 158 valence electrons. The normalized spacial score (nSPS) is 11.5. The summed E-state index contributed by atoms with van der Waals surface area (Å²) in [6, 6.07) is 5.67. The number of H-pyrrole nitrogens is 1. The van der Waals surface area contributed by atoms with Gasteiger partial charge in [-0.3, -0.25) is 9.59 Å². The number of aryl methyl sites for hydroxylation is 1. The number of aromatic nitrogens is 2. The van der Waals surface area contributed by atoms with Crippen molar-refractivity contribution in [1.29, 1.82) is 0 Å². The Bertz CT molecular complexity index is 1030. The molecular formula is C18H24N4O5S2. The number of rotatable bonds is 9. The summed E-state index contributed by atoms with van der Waals surface area (Å²) >= 11 is 1.08. The summed E-state index contributed by atoms with van der Waals surface area (Å²) in [6.45, 7) is 1.99. The monoisotopic (exact) mass is 440 g/mol. The van der Waals surface area contributed by atoms with Crippen molar-refractivity contribution >= 4 is 33.4 Å². The van der Waals surface area contributed by atoms with Crippen LogP contribution >= 0.6 is 11.8 Å². The van der Waals surface area contributed by atoms with Gasteiger partial charge in [-0.2, -0.15) is 0 Å². The van der Waals surface area contributed by atoms with Crippen molar-refractivity contribution in [3.05, 3.63) is 40.3 Å². The van der Waals surface area contributed by atoms with Crippen molar-refractivity contribution in [1.82, 2.24) is 14.3 Å². The number of sulfonamides is 1.